The van der Waals surface area contributed by atoms with Crippen LogP contribution in [0.5, 0.6) is 0 Å². The third-order valence-electron chi connectivity index (χ3n) is 2.73. The Morgan fingerprint density at radius 2 is 2.06 bits per heavy atom. The monoisotopic (exact) mass is 275 g/mol. The molecule has 1 aliphatic rings. The van der Waals surface area contributed by atoms with Crippen LogP contribution in [0.25, 0.3) is 0 Å². The van der Waals surface area contributed by atoms with Crippen molar-refractivity contribution in [2.75, 3.05) is 20.3 Å². The molecule has 0 N–H and O–H groups in total. The number of aromatic nitrogens is 1. The fraction of sp³-hybridized carbons (Fsp3) is 0.455. The summed E-state index contributed by atoms with van der Waals surface area (Å²) in [5.74, 6) is -0.597. The molecule has 1 atom stereocenters. The quantitative estimate of drug-likeness (QED) is 0.627. The number of carbonyl (C=O) groups is 1. The number of nitrogens with zero attached hydrogens (tertiary/aromatic N) is 1. The molecule has 0 aliphatic carbocycles. The zero-order valence-corrected chi connectivity index (χ0v) is 10.7. The van der Waals surface area contributed by atoms with Gasteiger partial charge in [-0.25, -0.2) is 4.98 Å². The molecule has 1 aromatic rings. The van der Waals surface area contributed by atoms with Crippen LogP contribution in [0.4, 0.5) is 0 Å². The van der Waals surface area contributed by atoms with Crippen molar-refractivity contribution in [3.05, 3.63) is 28.0 Å². The minimum atomic E-state index is -0.397. The van der Waals surface area contributed by atoms with Crippen LogP contribution < -0.4 is 0 Å². The molecule has 0 radical (unpaired) electrons. The summed E-state index contributed by atoms with van der Waals surface area (Å²) >= 11 is 11.7. The molecule has 0 aromatic carbocycles. The largest absolute Gasteiger partial charge is 0.469 e. The van der Waals surface area contributed by atoms with Gasteiger partial charge in [0.25, 0.3) is 0 Å². The molecule has 0 saturated carbocycles. The number of methoxy groups -OCH3 is 1. The van der Waals surface area contributed by atoms with Gasteiger partial charge in [-0.15, -0.1) is 0 Å². The molecule has 17 heavy (non-hydrogen) atoms. The Morgan fingerprint density at radius 3 is 2.47 bits per heavy atom. The van der Waals surface area contributed by atoms with Crippen LogP contribution in [0.2, 0.25) is 10.3 Å². The van der Waals surface area contributed by atoms with Crippen LogP contribution in [-0.2, 0) is 14.3 Å². The summed E-state index contributed by atoms with van der Waals surface area (Å²) in [5.41, 5.74) is 0.718. The van der Waals surface area contributed by atoms with Gasteiger partial charge in [0.1, 0.15) is 10.3 Å². The Morgan fingerprint density at radius 1 is 1.47 bits per heavy atom. The second-order valence-electron chi connectivity index (χ2n) is 3.84. The van der Waals surface area contributed by atoms with Gasteiger partial charge in [0.05, 0.1) is 26.2 Å². The standard InChI is InChI=1S/C11H11Cl2NO3/c1-16-11(15)10(7-4-17-5-7)6-2-8(12)14-9(13)3-6/h2-3,7,10H,4-5H2,1H3. The first-order valence-corrected chi connectivity index (χ1v) is 5.86. The lowest BCUT2D eigenvalue weighted by Crippen LogP contribution is -2.37. The Hall–Kier alpha value is -0.840. The summed E-state index contributed by atoms with van der Waals surface area (Å²) in [6.07, 6.45) is 0. The van der Waals surface area contributed by atoms with Crippen molar-refractivity contribution in [1.29, 1.82) is 0 Å². The van der Waals surface area contributed by atoms with E-state index >= 15 is 0 Å². The number of pyridine rings is 1. The van der Waals surface area contributed by atoms with Gasteiger partial charge >= 0.3 is 5.97 Å². The maximum atomic E-state index is 11.8. The Kier molecular flexibility index (Phi) is 3.86. The van der Waals surface area contributed by atoms with Gasteiger partial charge < -0.3 is 9.47 Å². The fourth-order valence-corrected chi connectivity index (χ4v) is 2.31. The first-order chi connectivity index (χ1) is 8.11. The van der Waals surface area contributed by atoms with Crippen LogP contribution in [0.15, 0.2) is 12.1 Å². The van der Waals surface area contributed by atoms with Crippen LogP contribution in [-0.4, -0.2) is 31.3 Å². The highest BCUT2D eigenvalue weighted by molar-refractivity contribution is 6.32. The summed E-state index contributed by atoms with van der Waals surface area (Å²) in [6.45, 7) is 1.08. The van der Waals surface area contributed by atoms with Gasteiger partial charge in [0.15, 0.2) is 0 Å². The van der Waals surface area contributed by atoms with E-state index in [1.54, 1.807) is 12.1 Å². The van der Waals surface area contributed by atoms with Gasteiger partial charge in [-0.3, -0.25) is 4.79 Å². The number of carbonyl (C=O) groups excluding carboxylic acids is 1. The molecule has 2 heterocycles. The average Bonchev–Trinajstić information content (AvgIpc) is 2.20. The van der Waals surface area contributed by atoms with Crippen molar-refractivity contribution in [3.63, 3.8) is 0 Å². The molecule has 1 aromatic heterocycles. The highest BCUT2D eigenvalue weighted by Gasteiger charge is 2.36. The van der Waals surface area contributed by atoms with E-state index in [1.165, 1.54) is 7.11 Å². The Bertz CT molecular complexity index is 414. The lowest BCUT2D eigenvalue weighted by atomic mass is 9.85. The first kappa shape index (κ1) is 12.6. The van der Waals surface area contributed by atoms with E-state index in [-0.39, 0.29) is 22.2 Å². The summed E-state index contributed by atoms with van der Waals surface area (Å²) in [7, 11) is 1.36. The molecule has 1 unspecified atom stereocenters. The minimum absolute atomic E-state index is 0.108. The molecule has 1 saturated heterocycles. The maximum Gasteiger partial charge on any atom is 0.313 e. The molecule has 1 fully saturated rings. The number of rotatable bonds is 3. The van der Waals surface area contributed by atoms with Crippen LogP contribution in [0.1, 0.15) is 11.5 Å². The molecular formula is C11H11Cl2NO3. The lowest BCUT2D eigenvalue weighted by molar-refractivity contribution is -0.149. The van der Waals surface area contributed by atoms with Crippen molar-refractivity contribution < 1.29 is 14.3 Å². The van der Waals surface area contributed by atoms with Crippen LogP contribution in [0, 0.1) is 5.92 Å². The van der Waals surface area contributed by atoms with Crippen molar-refractivity contribution in [3.8, 4) is 0 Å². The van der Waals surface area contributed by atoms with Crippen LogP contribution in [0.3, 0.4) is 0 Å². The van der Waals surface area contributed by atoms with E-state index in [2.05, 4.69) is 4.98 Å². The molecule has 6 heteroatoms. The minimum Gasteiger partial charge on any atom is -0.469 e. The van der Waals surface area contributed by atoms with Crippen molar-refractivity contribution in [2.24, 2.45) is 5.92 Å². The maximum absolute atomic E-state index is 11.8. The number of ether oxygens (including phenoxy) is 2. The van der Waals surface area contributed by atoms with E-state index in [0.717, 1.165) is 5.56 Å². The molecule has 92 valence electrons. The van der Waals surface area contributed by atoms with Crippen molar-refractivity contribution >= 4 is 29.2 Å². The molecule has 1 aliphatic heterocycles. The molecular weight excluding hydrogens is 265 g/mol. The SMILES string of the molecule is COC(=O)C(c1cc(Cl)nc(Cl)c1)C1COC1. The second-order valence-corrected chi connectivity index (χ2v) is 4.62. The number of hydrogen-bond donors (Lipinski definition) is 0. The molecule has 0 bridgehead atoms. The zero-order valence-electron chi connectivity index (χ0n) is 9.15. The number of halogens is 2. The Labute approximate surface area is 109 Å². The highest BCUT2D eigenvalue weighted by Crippen LogP contribution is 2.33. The van der Waals surface area contributed by atoms with Gasteiger partial charge in [-0.1, -0.05) is 23.2 Å². The third-order valence-corrected chi connectivity index (χ3v) is 3.12. The van der Waals surface area contributed by atoms with Crippen molar-refractivity contribution in [2.45, 2.75) is 5.92 Å². The van der Waals surface area contributed by atoms with E-state index < -0.39 is 5.92 Å². The number of esters is 1. The predicted octanol–water partition coefficient (Wildman–Crippen LogP) is 2.29. The topological polar surface area (TPSA) is 48.4 Å². The van der Waals surface area contributed by atoms with Crippen LogP contribution >= 0.6 is 23.2 Å². The highest BCUT2D eigenvalue weighted by atomic mass is 35.5. The first-order valence-electron chi connectivity index (χ1n) is 5.10. The molecule has 4 nitrogen and oxygen atoms in total. The second kappa shape index (κ2) is 5.21. The molecule has 0 spiro atoms. The Balaban J connectivity index is 2.33. The van der Waals surface area contributed by atoms with E-state index in [9.17, 15) is 4.79 Å². The summed E-state index contributed by atoms with van der Waals surface area (Å²) in [5, 5.41) is 0.531. The van der Waals surface area contributed by atoms with Gasteiger partial charge in [-0.2, -0.15) is 0 Å². The zero-order chi connectivity index (χ0) is 12.4. The van der Waals surface area contributed by atoms with E-state index in [1.807, 2.05) is 0 Å². The van der Waals surface area contributed by atoms with Crippen molar-refractivity contribution in [1.82, 2.24) is 4.98 Å². The fourth-order valence-electron chi connectivity index (χ4n) is 1.84. The average molecular weight is 276 g/mol. The normalized spacial score (nSPS) is 17.4. The van der Waals surface area contributed by atoms with Gasteiger partial charge in [0, 0.05) is 5.92 Å². The van der Waals surface area contributed by atoms with E-state index in [0.29, 0.717) is 13.2 Å². The smallest absolute Gasteiger partial charge is 0.313 e. The third kappa shape index (κ3) is 2.70. The summed E-state index contributed by atoms with van der Waals surface area (Å²) in [6, 6.07) is 3.26. The predicted molar refractivity (Wildman–Crippen MR) is 63.3 cm³/mol. The lowest BCUT2D eigenvalue weighted by Gasteiger charge is -2.32. The summed E-state index contributed by atoms with van der Waals surface area (Å²) < 4.78 is 9.91. The van der Waals surface area contributed by atoms with E-state index in [4.69, 9.17) is 32.7 Å². The molecule has 2 rings (SSSR count). The number of hydrogen-bond acceptors (Lipinski definition) is 4. The molecule has 0 amide bonds. The summed E-state index contributed by atoms with van der Waals surface area (Å²) in [4.78, 5) is 15.6. The van der Waals surface area contributed by atoms with Gasteiger partial charge in [-0.05, 0) is 17.7 Å². The van der Waals surface area contributed by atoms with Gasteiger partial charge in [0.2, 0.25) is 0 Å².